The SMILES string of the molecule is CC(S)SCCSCCSCCSCCSC(C)S. The lowest BCUT2D eigenvalue weighted by atomic mass is 10.9. The molecule has 2 unspecified atom stereocenters. The first-order chi connectivity index (χ1) is 9.13. The molecule has 0 saturated carbocycles. The minimum atomic E-state index is 0.482. The molecule has 0 bridgehead atoms. The summed E-state index contributed by atoms with van der Waals surface area (Å²) >= 11 is 18.8. The van der Waals surface area contributed by atoms with E-state index >= 15 is 0 Å². The number of thiol groups is 2. The normalized spacial score (nSPS) is 14.5. The van der Waals surface area contributed by atoms with Crippen LogP contribution in [0.2, 0.25) is 0 Å². The molecule has 0 aromatic rings. The lowest BCUT2D eigenvalue weighted by Crippen LogP contribution is -1.95. The van der Waals surface area contributed by atoms with E-state index in [4.69, 9.17) is 0 Å². The maximum atomic E-state index is 4.36. The summed E-state index contributed by atoms with van der Waals surface area (Å²) in [5.41, 5.74) is 0. The van der Waals surface area contributed by atoms with Gasteiger partial charge in [-0.1, -0.05) is 0 Å². The van der Waals surface area contributed by atoms with Crippen LogP contribution in [0.15, 0.2) is 0 Å². The van der Waals surface area contributed by atoms with E-state index in [0.717, 1.165) is 0 Å². The highest BCUT2D eigenvalue weighted by Crippen LogP contribution is 2.17. The molecule has 0 radical (unpaired) electrons. The number of thioether (sulfide) groups is 5. The van der Waals surface area contributed by atoms with Crippen molar-refractivity contribution in [1.29, 1.82) is 0 Å². The zero-order valence-corrected chi connectivity index (χ0v) is 17.6. The fraction of sp³-hybridized carbons (Fsp3) is 1.00. The molecule has 0 nitrogen and oxygen atoms in total. The number of rotatable bonds is 14. The van der Waals surface area contributed by atoms with E-state index < -0.39 is 0 Å². The van der Waals surface area contributed by atoms with Gasteiger partial charge in [-0.15, -0.1) is 23.5 Å². The Hall–Kier alpha value is 2.45. The second kappa shape index (κ2) is 16.8. The van der Waals surface area contributed by atoms with E-state index in [9.17, 15) is 0 Å². The monoisotopic (exact) mass is 394 g/mol. The molecule has 0 aliphatic heterocycles. The van der Waals surface area contributed by atoms with Gasteiger partial charge in [-0.2, -0.15) is 60.5 Å². The predicted molar refractivity (Wildman–Crippen MR) is 114 cm³/mol. The van der Waals surface area contributed by atoms with E-state index in [1.54, 1.807) is 0 Å². The van der Waals surface area contributed by atoms with Crippen molar-refractivity contribution in [2.24, 2.45) is 0 Å². The second-order valence-corrected chi connectivity index (χ2v) is 12.6. The Morgan fingerprint density at radius 3 is 1.11 bits per heavy atom. The van der Waals surface area contributed by atoms with Crippen LogP contribution in [0.4, 0.5) is 0 Å². The molecule has 0 rings (SSSR count). The molecule has 0 N–H and O–H groups in total. The molecule has 0 spiro atoms. The topological polar surface area (TPSA) is 0 Å². The van der Waals surface area contributed by atoms with E-state index in [1.807, 2.05) is 23.5 Å². The van der Waals surface area contributed by atoms with Crippen LogP contribution in [0.25, 0.3) is 0 Å². The van der Waals surface area contributed by atoms with Gasteiger partial charge < -0.3 is 0 Å². The van der Waals surface area contributed by atoms with Gasteiger partial charge in [-0.05, 0) is 13.8 Å². The van der Waals surface area contributed by atoms with Crippen LogP contribution in [0.3, 0.4) is 0 Å². The smallest absolute Gasteiger partial charge is 0.0444 e. The van der Waals surface area contributed by atoms with Crippen molar-refractivity contribution < 1.29 is 0 Å². The van der Waals surface area contributed by atoms with Crippen LogP contribution in [0.1, 0.15) is 13.8 Å². The van der Waals surface area contributed by atoms with Gasteiger partial charge in [-0.3, -0.25) is 0 Å². The molecule has 0 aromatic carbocycles. The molecular formula is C12H26S7. The molecule has 2 atom stereocenters. The highest BCUT2D eigenvalue weighted by molar-refractivity contribution is 8.11. The molecular weight excluding hydrogens is 369 g/mol. The third-order valence-corrected chi connectivity index (χ3v) is 8.65. The fourth-order valence-electron chi connectivity index (χ4n) is 1.10. The summed E-state index contributed by atoms with van der Waals surface area (Å²) in [6.07, 6.45) is 0. The molecule has 0 amide bonds. The molecule has 0 heterocycles. The number of hydrogen-bond donors (Lipinski definition) is 2. The van der Waals surface area contributed by atoms with Crippen LogP contribution >= 0.6 is 84.1 Å². The Bertz CT molecular complexity index is 157. The quantitative estimate of drug-likeness (QED) is 0.235. The highest BCUT2D eigenvalue weighted by atomic mass is 32.2. The van der Waals surface area contributed by atoms with Gasteiger partial charge in [-0.25, -0.2) is 0 Å². The number of hydrogen-bond acceptors (Lipinski definition) is 7. The second-order valence-electron chi connectivity index (χ2n) is 3.78. The summed E-state index contributed by atoms with van der Waals surface area (Å²) in [6.45, 7) is 4.28. The third kappa shape index (κ3) is 20.4. The highest BCUT2D eigenvalue weighted by Gasteiger charge is 1.97. The third-order valence-electron chi connectivity index (χ3n) is 1.92. The molecule has 19 heavy (non-hydrogen) atoms. The molecule has 0 aliphatic carbocycles. The van der Waals surface area contributed by atoms with Crippen molar-refractivity contribution in [3.63, 3.8) is 0 Å². The van der Waals surface area contributed by atoms with Crippen molar-refractivity contribution in [3.8, 4) is 0 Å². The maximum Gasteiger partial charge on any atom is 0.0444 e. The molecule has 7 heteroatoms. The van der Waals surface area contributed by atoms with E-state index in [2.05, 4.69) is 74.4 Å². The first-order valence-electron chi connectivity index (χ1n) is 6.45. The summed E-state index contributed by atoms with van der Waals surface area (Å²) in [5, 5.41) is 0. The Morgan fingerprint density at radius 2 is 0.842 bits per heavy atom. The van der Waals surface area contributed by atoms with Crippen LogP contribution in [-0.2, 0) is 0 Å². The minimum absolute atomic E-state index is 0.482. The van der Waals surface area contributed by atoms with Gasteiger partial charge in [0, 0.05) is 55.2 Å². The average Bonchev–Trinajstić information content (AvgIpc) is 2.34. The lowest BCUT2D eigenvalue weighted by Gasteiger charge is -2.05. The average molecular weight is 395 g/mol. The van der Waals surface area contributed by atoms with Gasteiger partial charge >= 0.3 is 0 Å². The van der Waals surface area contributed by atoms with E-state index in [0.29, 0.717) is 9.16 Å². The maximum absolute atomic E-state index is 4.36. The molecule has 0 saturated heterocycles. The van der Waals surface area contributed by atoms with Crippen LogP contribution in [0, 0.1) is 0 Å². The largest absolute Gasteiger partial charge is 0.165 e. The fourth-order valence-corrected chi connectivity index (χ4v) is 6.62. The summed E-state index contributed by atoms with van der Waals surface area (Å²) in [5.74, 6) is 10.2. The standard InChI is InChI=1S/C12H26S7/c1-11(13)18-9-7-16-5-3-15-4-6-17-8-10-19-12(2)14/h11-14H,3-10H2,1-2H3. The van der Waals surface area contributed by atoms with Gasteiger partial charge in [0.1, 0.15) is 0 Å². The van der Waals surface area contributed by atoms with Crippen molar-refractivity contribution in [2.75, 3.05) is 46.0 Å². The van der Waals surface area contributed by atoms with E-state index in [-0.39, 0.29) is 0 Å². The van der Waals surface area contributed by atoms with Crippen molar-refractivity contribution in [3.05, 3.63) is 0 Å². The minimum Gasteiger partial charge on any atom is -0.165 e. The molecule has 116 valence electrons. The Kier molecular flexibility index (Phi) is 19.0. The van der Waals surface area contributed by atoms with Crippen molar-refractivity contribution >= 4 is 84.1 Å². The zero-order valence-electron chi connectivity index (χ0n) is 11.7. The Balaban J connectivity index is 2.95. The lowest BCUT2D eigenvalue weighted by molar-refractivity contribution is 1.40. The van der Waals surface area contributed by atoms with Crippen LogP contribution in [-0.4, -0.2) is 55.2 Å². The summed E-state index contributed by atoms with van der Waals surface area (Å²) in [6, 6.07) is 0. The van der Waals surface area contributed by atoms with Crippen molar-refractivity contribution in [1.82, 2.24) is 0 Å². The van der Waals surface area contributed by atoms with E-state index in [1.165, 1.54) is 46.0 Å². The summed E-state index contributed by atoms with van der Waals surface area (Å²) < 4.78 is 0.964. The first-order valence-corrected chi connectivity index (χ1v) is 13.0. The van der Waals surface area contributed by atoms with Gasteiger partial charge in [0.15, 0.2) is 0 Å². The van der Waals surface area contributed by atoms with Gasteiger partial charge in [0.25, 0.3) is 0 Å². The van der Waals surface area contributed by atoms with Crippen LogP contribution in [0.5, 0.6) is 0 Å². The van der Waals surface area contributed by atoms with Crippen molar-refractivity contribution in [2.45, 2.75) is 23.0 Å². The molecule has 0 aliphatic rings. The van der Waals surface area contributed by atoms with Gasteiger partial charge in [0.05, 0.1) is 0 Å². The predicted octanol–water partition coefficient (Wildman–Crippen LogP) is 5.20. The Labute approximate surface area is 152 Å². The Morgan fingerprint density at radius 1 is 0.579 bits per heavy atom. The summed E-state index contributed by atoms with van der Waals surface area (Å²) in [4.78, 5) is 0. The zero-order chi connectivity index (χ0) is 14.3. The van der Waals surface area contributed by atoms with Gasteiger partial charge in [0.2, 0.25) is 0 Å². The molecule has 0 aromatic heterocycles. The first kappa shape index (κ1) is 21.4. The molecule has 0 fully saturated rings. The van der Waals surface area contributed by atoms with Crippen LogP contribution < -0.4 is 0 Å². The summed E-state index contributed by atoms with van der Waals surface area (Å²) in [7, 11) is 0.